The van der Waals surface area contributed by atoms with Crippen LogP contribution in [0.25, 0.3) is 0 Å². The number of benzene rings is 2. The van der Waals surface area contributed by atoms with Crippen molar-refractivity contribution in [1.29, 1.82) is 0 Å². The first-order valence-corrected chi connectivity index (χ1v) is 32.7. The Kier molecular flexibility index (Phi) is 35.6. The fourth-order valence-electron chi connectivity index (χ4n) is 10.8. The van der Waals surface area contributed by atoms with Crippen LogP contribution in [-0.4, -0.2) is 189 Å². The van der Waals surface area contributed by atoms with Crippen molar-refractivity contribution in [3.63, 3.8) is 0 Å². The van der Waals surface area contributed by atoms with Gasteiger partial charge in [0.25, 0.3) is 0 Å². The van der Waals surface area contributed by atoms with Crippen molar-refractivity contribution in [1.82, 2.24) is 63.8 Å². The molecule has 2 aromatic rings. The van der Waals surface area contributed by atoms with E-state index in [4.69, 9.17) is 11.5 Å². The summed E-state index contributed by atoms with van der Waals surface area (Å²) in [5, 5.41) is 58.3. The van der Waals surface area contributed by atoms with E-state index in [1.165, 1.54) is 24.3 Å². The molecule has 502 valence electrons. The number of ketones is 2. The minimum absolute atomic E-state index is 0.00853. The quantitative estimate of drug-likeness (QED) is 0.0300. The number of nitrogens with two attached hydrogens (primary N) is 2. The van der Waals surface area contributed by atoms with E-state index in [2.05, 4.69) is 76.4 Å². The number of hydrogen-bond donors (Lipinski definition) is 17. The molecule has 3 heterocycles. The topological polar surface area (TPSA) is 408 Å². The maximum atomic E-state index is 13.8. The average Bonchev–Trinajstić information content (AvgIpc) is 2.61. The smallest absolute Gasteiger partial charge is 0.240 e. The van der Waals surface area contributed by atoms with Crippen LogP contribution in [0.3, 0.4) is 0 Å². The van der Waals surface area contributed by atoms with Gasteiger partial charge in [-0.15, -0.1) is 0 Å². The lowest BCUT2D eigenvalue weighted by Crippen LogP contribution is -2.68. The van der Waals surface area contributed by atoms with Gasteiger partial charge in [0.1, 0.15) is 23.6 Å². The van der Waals surface area contributed by atoms with E-state index in [1.54, 1.807) is 31.2 Å². The molecule has 3 fully saturated rings. The second-order valence-corrected chi connectivity index (χ2v) is 24.2. The molecule has 1 unspecified atom stereocenters. The van der Waals surface area contributed by atoms with Crippen molar-refractivity contribution in [2.24, 2.45) is 11.5 Å². The highest BCUT2D eigenvalue weighted by Crippen LogP contribution is 2.17. The Balaban J connectivity index is 1.25. The zero-order valence-electron chi connectivity index (χ0n) is 52.5. The Morgan fingerprint density at radius 1 is 0.411 bits per heavy atom. The van der Waals surface area contributed by atoms with E-state index < -0.39 is 47.1 Å². The number of thiol groups is 1. The van der Waals surface area contributed by atoms with E-state index in [9.17, 15) is 58.2 Å². The zero-order chi connectivity index (χ0) is 65.6. The summed E-state index contributed by atoms with van der Waals surface area (Å²) in [6, 6.07) is 9.69. The summed E-state index contributed by atoms with van der Waals surface area (Å²) in [7, 11) is 0. The number of Topliss-reactive ketones (excluding diaryl/α,β-unsaturated/α-hetero) is 2. The molecular formula is C63H102N14O12S. The lowest BCUT2D eigenvalue weighted by molar-refractivity contribution is -0.128. The van der Waals surface area contributed by atoms with Crippen LogP contribution in [0, 0.1) is 0 Å². The molecule has 0 spiro atoms. The second-order valence-electron chi connectivity index (χ2n) is 23.8. The van der Waals surface area contributed by atoms with Crippen molar-refractivity contribution in [2.75, 3.05) is 84.3 Å². The fraction of sp³-hybridized carbons (Fsp3) is 0.651. The van der Waals surface area contributed by atoms with Gasteiger partial charge in [-0.2, -0.15) is 12.6 Å². The van der Waals surface area contributed by atoms with Crippen LogP contribution in [0.15, 0.2) is 48.5 Å². The number of primary amides is 2. The van der Waals surface area contributed by atoms with Gasteiger partial charge >= 0.3 is 0 Å². The van der Waals surface area contributed by atoms with Crippen molar-refractivity contribution >= 4 is 71.5 Å². The summed E-state index contributed by atoms with van der Waals surface area (Å²) in [4.78, 5) is 129. The largest absolute Gasteiger partial charge is 0.508 e. The Labute approximate surface area is 535 Å². The molecule has 8 amide bonds. The van der Waals surface area contributed by atoms with Gasteiger partial charge in [0.05, 0.1) is 23.2 Å². The number of unbranched alkanes of at least 4 members (excludes halogenated alkanes) is 6. The van der Waals surface area contributed by atoms with Crippen molar-refractivity contribution < 1.29 is 58.2 Å². The number of nitrogens with one attached hydrogen (secondary N) is 12. The predicted octanol–water partition coefficient (Wildman–Crippen LogP) is -0.433. The van der Waals surface area contributed by atoms with Gasteiger partial charge < -0.3 is 85.5 Å². The third kappa shape index (κ3) is 30.8. The van der Waals surface area contributed by atoms with E-state index in [0.717, 1.165) is 11.1 Å². The number of fused-ring (bicyclic) bond motifs is 15. The molecule has 2 aromatic carbocycles. The first-order chi connectivity index (χ1) is 43.2. The average molecular weight is 1280 g/mol. The number of phenols is 2. The zero-order valence-corrected chi connectivity index (χ0v) is 53.4. The highest BCUT2D eigenvalue weighted by atomic mass is 32.1. The predicted molar refractivity (Wildman–Crippen MR) is 346 cm³/mol. The SMILES string of the molecule is CCC(NC(=O)CCCCCCC(=O)[C@H](Cc1ccc(O)cc1)NC(=O)CCCC(=O)NC12CNCCNCC(NC(=O)CCCC(=O)N[C@@H](Cc3ccc(O)cc3)C(=O)CCCCCCC(=O)N[C@@H](CS)C(N)=O)(CNCCNC1)CNCCNC2)C(N)=O. The van der Waals surface area contributed by atoms with Crippen LogP contribution in [0.4, 0.5) is 0 Å². The summed E-state index contributed by atoms with van der Waals surface area (Å²) in [5.41, 5.74) is 10.6. The third-order valence-electron chi connectivity index (χ3n) is 15.9. The lowest BCUT2D eigenvalue weighted by Gasteiger charge is -2.39. The molecular weight excluding hydrogens is 1180 g/mol. The van der Waals surface area contributed by atoms with Crippen molar-refractivity contribution in [3.8, 4) is 11.5 Å². The van der Waals surface area contributed by atoms with Gasteiger partial charge in [0, 0.05) is 136 Å². The van der Waals surface area contributed by atoms with Gasteiger partial charge in [-0.25, -0.2) is 0 Å². The summed E-state index contributed by atoms with van der Waals surface area (Å²) < 4.78 is 0. The van der Waals surface area contributed by atoms with Crippen LogP contribution < -0.4 is 75.3 Å². The number of hydrogen-bond acceptors (Lipinski definition) is 19. The first kappa shape index (κ1) is 75.7. The normalized spacial score (nSPS) is 18.8. The highest BCUT2D eigenvalue weighted by molar-refractivity contribution is 7.80. The molecule has 27 heteroatoms. The molecule has 2 bridgehead atoms. The standard InChI is InChI=1S/C63H102N14O12S/c1-2-48(60(64)88)72-54(82)15-9-5-3-7-13-52(80)49(35-44-21-25-46(78)26-22-44)73-56(84)17-11-19-58(86)76-62-38-66-29-32-69-41-63(42-70-33-30-67-39-62,43-71-34-31-68-40-62)77-59(87)20-12-18-57(85)74-50(36-45-23-27-47(79)28-24-45)53(81)14-8-4-6-10-16-55(83)75-51(37-90)61(65)89/h21-28,48-51,66-71,78-79,90H,2-20,29-43H2,1H3,(H2,64,88)(H2,65,89)(H,72,82)(H,73,84)(H,74,85)(H,75,83)(H,76,86)(H,77,87)/t48?,49-,50-,51-,62?,63?/m0/s1. The molecule has 0 aromatic heterocycles. The molecule has 0 saturated carbocycles. The maximum absolute atomic E-state index is 13.8. The number of carbonyl (C=O) groups is 10. The summed E-state index contributed by atoms with van der Waals surface area (Å²) in [5.74, 6) is -3.02. The molecule has 26 nitrogen and oxygen atoms in total. The fourth-order valence-corrected chi connectivity index (χ4v) is 11.0. The molecule has 18 N–H and O–H groups in total. The number of phenolic OH excluding ortho intramolecular Hbond substituents is 2. The monoisotopic (exact) mass is 1280 g/mol. The van der Waals surface area contributed by atoms with Crippen molar-refractivity contribution in [2.45, 2.75) is 177 Å². The molecule has 0 radical (unpaired) electrons. The lowest BCUT2D eigenvalue weighted by atomic mass is 9.96. The molecule has 4 atom stereocenters. The Morgan fingerprint density at radius 3 is 0.989 bits per heavy atom. The Hall–Kier alpha value is -6.75. The molecule has 3 aliphatic heterocycles. The second kappa shape index (κ2) is 42.3. The van der Waals surface area contributed by atoms with Crippen LogP contribution in [0.5, 0.6) is 11.5 Å². The molecule has 90 heavy (non-hydrogen) atoms. The van der Waals surface area contributed by atoms with Gasteiger partial charge in [-0.1, -0.05) is 56.9 Å². The van der Waals surface area contributed by atoms with Crippen LogP contribution in [0.1, 0.15) is 140 Å². The van der Waals surface area contributed by atoms with E-state index in [0.29, 0.717) is 136 Å². The summed E-state index contributed by atoms with van der Waals surface area (Å²) in [6.07, 6.45) is 7.27. The molecule has 3 saturated heterocycles. The molecule has 0 aliphatic carbocycles. The van der Waals surface area contributed by atoms with Crippen LogP contribution in [0.2, 0.25) is 0 Å². The van der Waals surface area contributed by atoms with Crippen LogP contribution >= 0.6 is 12.6 Å². The summed E-state index contributed by atoms with van der Waals surface area (Å²) in [6.45, 7) is 7.47. The van der Waals surface area contributed by atoms with Crippen LogP contribution in [-0.2, 0) is 60.8 Å². The minimum atomic E-state index is -0.840. The van der Waals surface area contributed by atoms with Gasteiger partial charge in [0.2, 0.25) is 47.3 Å². The van der Waals surface area contributed by atoms with Gasteiger partial charge in [-0.3, -0.25) is 47.9 Å². The van der Waals surface area contributed by atoms with Gasteiger partial charge in [0.15, 0.2) is 11.6 Å². The number of aromatic hydroxyl groups is 2. The van der Waals surface area contributed by atoms with Gasteiger partial charge in [-0.05, 0) is 93.2 Å². The number of amides is 8. The Morgan fingerprint density at radius 2 is 0.689 bits per heavy atom. The number of carbonyl (C=O) groups excluding carboxylic acids is 10. The maximum Gasteiger partial charge on any atom is 0.240 e. The first-order valence-electron chi connectivity index (χ1n) is 32.1. The molecule has 5 rings (SSSR count). The van der Waals surface area contributed by atoms with E-state index in [-0.39, 0.29) is 141 Å². The highest BCUT2D eigenvalue weighted by Gasteiger charge is 2.35. The van der Waals surface area contributed by atoms with Crippen molar-refractivity contribution in [3.05, 3.63) is 59.7 Å². The molecule has 3 aliphatic rings. The van der Waals surface area contributed by atoms with E-state index >= 15 is 0 Å². The third-order valence-corrected chi connectivity index (χ3v) is 16.3. The summed E-state index contributed by atoms with van der Waals surface area (Å²) >= 11 is 4.05. The minimum Gasteiger partial charge on any atom is -0.508 e. The number of rotatable bonds is 38. The van der Waals surface area contributed by atoms with E-state index in [1.807, 2.05) is 0 Å². The Bertz CT molecular complexity index is 2360.